The van der Waals surface area contributed by atoms with E-state index in [1.54, 1.807) is 17.0 Å². The highest BCUT2D eigenvalue weighted by molar-refractivity contribution is 5.38. The normalized spacial score (nSPS) is 10.3. The lowest BCUT2D eigenvalue weighted by molar-refractivity contribution is 0.312. The van der Waals surface area contributed by atoms with Gasteiger partial charge in [0.2, 0.25) is 11.9 Å². The van der Waals surface area contributed by atoms with Gasteiger partial charge in [-0.3, -0.25) is 5.43 Å². The lowest BCUT2D eigenvalue weighted by atomic mass is 10.2. The average molecular weight is 292 g/mol. The van der Waals surface area contributed by atoms with Crippen LogP contribution in [0.5, 0.6) is 6.01 Å². The molecule has 8 heteroatoms. The summed E-state index contributed by atoms with van der Waals surface area (Å²) in [6.45, 7) is 2.79. The van der Waals surface area contributed by atoms with E-state index in [1.165, 1.54) is 12.1 Å². The van der Waals surface area contributed by atoms with E-state index >= 15 is 0 Å². The molecule has 0 saturated carbocycles. The highest BCUT2D eigenvalue weighted by atomic mass is 19.1. The molecule has 1 aromatic carbocycles. The molecule has 2 aromatic rings. The third kappa shape index (κ3) is 3.99. The number of rotatable bonds is 6. The molecule has 0 spiro atoms. The molecule has 0 fully saturated rings. The lowest BCUT2D eigenvalue weighted by Crippen LogP contribution is -2.21. The Morgan fingerprint density at radius 3 is 2.57 bits per heavy atom. The van der Waals surface area contributed by atoms with Crippen molar-refractivity contribution in [1.29, 1.82) is 0 Å². The van der Waals surface area contributed by atoms with Crippen molar-refractivity contribution in [2.45, 2.75) is 13.5 Å². The van der Waals surface area contributed by atoms with E-state index < -0.39 is 0 Å². The fourth-order valence-corrected chi connectivity index (χ4v) is 1.71. The van der Waals surface area contributed by atoms with Gasteiger partial charge in [-0.05, 0) is 24.6 Å². The fraction of sp³-hybridized carbons (Fsp3) is 0.308. The van der Waals surface area contributed by atoms with Crippen LogP contribution in [0.4, 0.5) is 16.3 Å². The molecule has 7 nitrogen and oxygen atoms in total. The van der Waals surface area contributed by atoms with Crippen LogP contribution in [-0.4, -0.2) is 28.6 Å². The van der Waals surface area contributed by atoms with Crippen LogP contribution in [0.3, 0.4) is 0 Å². The van der Waals surface area contributed by atoms with Gasteiger partial charge < -0.3 is 9.64 Å². The number of benzene rings is 1. The van der Waals surface area contributed by atoms with Crippen LogP contribution in [0.15, 0.2) is 24.3 Å². The third-order valence-electron chi connectivity index (χ3n) is 2.68. The molecule has 1 heterocycles. The second-order valence-corrected chi connectivity index (χ2v) is 4.30. The van der Waals surface area contributed by atoms with Crippen molar-refractivity contribution in [3.05, 3.63) is 35.6 Å². The summed E-state index contributed by atoms with van der Waals surface area (Å²) in [5, 5.41) is 0. The lowest BCUT2D eigenvalue weighted by Gasteiger charge is -2.18. The Balaban J connectivity index is 2.19. The molecule has 0 bridgehead atoms. The van der Waals surface area contributed by atoms with Crippen molar-refractivity contribution in [2.24, 2.45) is 5.84 Å². The first kappa shape index (κ1) is 14.9. The van der Waals surface area contributed by atoms with Crippen LogP contribution in [0.2, 0.25) is 0 Å². The van der Waals surface area contributed by atoms with Gasteiger partial charge in [-0.2, -0.15) is 15.0 Å². The summed E-state index contributed by atoms with van der Waals surface area (Å²) in [6, 6.07) is 6.43. The van der Waals surface area contributed by atoms with E-state index in [0.29, 0.717) is 19.1 Å². The van der Waals surface area contributed by atoms with Gasteiger partial charge in [-0.15, -0.1) is 0 Å². The van der Waals surface area contributed by atoms with E-state index in [4.69, 9.17) is 10.6 Å². The van der Waals surface area contributed by atoms with Gasteiger partial charge in [0.25, 0.3) is 0 Å². The van der Waals surface area contributed by atoms with Crippen LogP contribution in [0.1, 0.15) is 12.5 Å². The minimum Gasteiger partial charge on any atom is -0.464 e. The van der Waals surface area contributed by atoms with Crippen molar-refractivity contribution < 1.29 is 9.13 Å². The summed E-state index contributed by atoms with van der Waals surface area (Å²) in [7, 11) is 1.81. The van der Waals surface area contributed by atoms with E-state index in [1.807, 2.05) is 14.0 Å². The quantitative estimate of drug-likeness (QED) is 0.613. The minimum atomic E-state index is -0.269. The monoisotopic (exact) mass is 292 g/mol. The van der Waals surface area contributed by atoms with Crippen LogP contribution in [0, 0.1) is 5.82 Å². The number of nitrogen functional groups attached to an aromatic ring is 1. The number of hydrogen-bond acceptors (Lipinski definition) is 7. The van der Waals surface area contributed by atoms with Gasteiger partial charge in [0.05, 0.1) is 6.61 Å². The van der Waals surface area contributed by atoms with Crippen molar-refractivity contribution in [3.8, 4) is 6.01 Å². The van der Waals surface area contributed by atoms with Gasteiger partial charge in [-0.1, -0.05) is 12.1 Å². The molecule has 112 valence electrons. The number of halogens is 1. The Hall–Kier alpha value is -2.48. The molecular weight excluding hydrogens is 275 g/mol. The number of hydrogen-bond donors (Lipinski definition) is 2. The van der Waals surface area contributed by atoms with Crippen molar-refractivity contribution >= 4 is 11.9 Å². The first-order chi connectivity index (χ1) is 10.1. The highest BCUT2D eigenvalue weighted by Gasteiger charge is 2.11. The fourth-order valence-electron chi connectivity index (χ4n) is 1.71. The van der Waals surface area contributed by atoms with Gasteiger partial charge in [0, 0.05) is 13.6 Å². The summed E-state index contributed by atoms with van der Waals surface area (Å²) < 4.78 is 18.2. The first-order valence-electron chi connectivity index (χ1n) is 6.43. The molecule has 1 aromatic heterocycles. The number of aromatic nitrogens is 3. The SMILES string of the molecule is CCOc1nc(NN)nc(N(C)Cc2ccc(F)cc2)n1. The number of hydrazine groups is 1. The minimum absolute atomic E-state index is 0.196. The summed E-state index contributed by atoms with van der Waals surface area (Å²) >= 11 is 0. The maximum absolute atomic E-state index is 12.9. The van der Waals surface area contributed by atoms with Gasteiger partial charge in [-0.25, -0.2) is 10.2 Å². The second-order valence-electron chi connectivity index (χ2n) is 4.30. The molecule has 0 aliphatic carbocycles. The molecule has 0 saturated heterocycles. The summed E-state index contributed by atoms with van der Waals surface area (Å²) in [6.07, 6.45) is 0. The molecule has 0 aliphatic rings. The third-order valence-corrected chi connectivity index (χ3v) is 2.68. The van der Waals surface area contributed by atoms with Crippen molar-refractivity contribution in [1.82, 2.24) is 15.0 Å². The molecule has 0 unspecified atom stereocenters. The average Bonchev–Trinajstić information content (AvgIpc) is 2.49. The second kappa shape index (κ2) is 6.80. The molecule has 21 heavy (non-hydrogen) atoms. The summed E-state index contributed by atoms with van der Waals surface area (Å²) in [5.74, 6) is 5.69. The summed E-state index contributed by atoms with van der Waals surface area (Å²) in [4.78, 5) is 14.1. The molecule has 0 amide bonds. The molecule has 0 atom stereocenters. The first-order valence-corrected chi connectivity index (χ1v) is 6.43. The van der Waals surface area contributed by atoms with Gasteiger partial charge in [0.15, 0.2) is 0 Å². The Bertz CT molecular complexity index is 592. The maximum Gasteiger partial charge on any atom is 0.323 e. The van der Waals surface area contributed by atoms with Gasteiger partial charge in [0.1, 0.15) is 5.82 Å². The van der Waals surface area contributed by atoms with Crippen LogP contribution in [0.25, 0.3) is 0 Å². The molecule has 0 aliphatic heterocycles. The van der Waals surface area contributed by atoms with Crippen molar-refractivity contribution in [2.75, 3.05) is 24.0 Å². The number of nitrogens with one attached hydrogen (secondary N) is 1. The van der Waals surface area contributed by atoms with Gasteiger partial charge >= 0.3 is 6.01 Å². The Morgan fingerprint density at radius 1 is 1.24 bits per heavy atom. The molecule has 0 radical (unpaired) electrons. The Morgan fingerprint density at radius 2 is 1.95 bits per heavy atom. The maximum atomic E-state index is 12.9. The van der Waals surface area contributed by atoms with E-state index in [9.17, 15) is 4.39 Å². The number of nitrogens with zero attached hydrogens (tertiary/aromatic N) is 4. The predicted molar refractivity (Wildman–Crippen MR) is 77.3 cm³/mol. The van der Waals surface area contributed by atoms with Crippen molar-refractivity contribution in [3.63, 3.8) is 0 Å². The predicted octanol–water partition coefficient (Wildman–Crippen LogP) is 1.33. The zero-order chi connectivity index (χ0) is 15.2. The number of nitrogens with two attached hydrogens (primary N) is 1. The van der Waals surface area contributed by atoms with E-state index in [-0.39, 0.29) is 17.8 Å². The van der Waals surface area contributed by atoms with E-state index in [0.717, 1.165) is 5.56 Å². The Labute approximate surface area is 122 Å². The largest absolute Gasteiger partial charge is 0.464 e. The standard InChI is InChI=1S/C13H17FN6O/c1-3-21-13-17-11(19-15)16-12(18-13)20(2)8-9-4-6-10(14)7-5-9/h4-7H,3,8,15H2,1-2H3,(H,16,17,18,19). The smallest absolute Gasteiger partial charge is 0.323 e. The zero-order valence-corrected chi connectivity index (χ0v) is 11.9. The number of ether oxygens (including phenoxy) is 1. The topological polar surface area (TPSA) is 89.2 Å². The highest BCUT2D eigenvalue weighted by Crippen LogP contribution is 2.16. The number of anilines is 2. The summed E-state index contributed by atoms with van der Waals surface area (Å²) in [5.41, 5.74) is 3.30. The molecular formula is C13H17FN6O. The van der Waals surface area contributed by atoms with Crippen LogP contribution in [-0.2, 0) is 6.54 Å². The van der Waals surface area contributed by atoms with Crippen LogP contribution < -0.4 is 20.9 Å². The molecule has 2 rings (SSSR count). The van der Waals surface area contributed by atoms with E-state index in [2.05, 4.69) is 20.4 Å². The Kier molecular flexibility index (Phi) is 4.83. The molecule has 3 N–H and O–H groups in total. The van der Waals surface area contributed by atoms with Crippen LogP contribution >= 0.6 is 0 Å². The zero-order valence-electron chi connectivity index (χ0n) is 11.9.